The maximum Gasteiger partial charge on any atom is 0.132 e. The third-order valence-corrected chi connectivity index (χ3v) is 4.75. The van der Waals surface area contributed by atoms with Gasteiger partial charge in [0.1, 0.15) is 5.78 Å². The van der Waals surface area contributed by atoms with Gasteiger partial charge in [0.25, 0.3) is 0 Å². The van der Waals surface area contributed by atoms with Crippen molar-refractivity contribution in [1.29, 1.82) is 0 Å². The summed E-state index contributed by atoms with van der Waals surface area (Å²) in [5, 5.41) is 9.50. The van der Waals surface area contributed by atoms with E-state index in [1.807, 2.05) is 13.8 Å². The highest BCUT2D eigenvalue weighted by atomic mass is 16.3. The molecule has 0 bridgehead atoms. The third-order valence-electron chi connectivity index (χ3n) is 4.75. The molecule has 0 heterocycles. The Morgan fingerprint density at radius 1 is 0.833 bits per heavy atom. The van der Waals surface area contributed by atoms with Crippen LogP contribution >= 0.6 is 0 Å². The molecule has 0 spiro atoms. The Balaban J connectivity index is 0.000000771. The first-order valence-corrected chi connectivity index (χ1v) is 7.85. The third kappa shape index (κ3) is 4.38. The zero-order valence-electron chi connectivity index (χ0n) is 12.3. The number of ketones is 1. The van der Waals surface area contributed by atoms with Crippen molar-refractivity contribution in [2.45, 2.75) is 78.2 Å². The Labute approximate surface area is 112 Å². The average Bonchev–Trinajstić information content (AvgIpc) is 2.42. The van der Waals surface area contributed by atoms with E-state index in [1.54, 1.807) is 6.92 Å². The standard InChI is InChI=1S/C14H24O2.C2H6/c1-10(15)11-2-4-12(5-3-11)13-6-8-14(16)9-7-13;1-2/h11-14,16H,2-9H2,1H3;1-2H3. The van der Waals surface area contributed by atoms with Gasteiger partial charge in [-0.2, -0.15) is 0 Å². The van der Waals surface area contributed by atoms with E-state index in [1.165, 1.54) is 25.7 Å². The van der Waals surface area contributed by atoms with Gasteiger partial charge in [-0.25, -0.2) is 0 Å². The maximum absolute atomic E-state index is 11.3. The normalized spacial score (nSPS) is 36.4. The first-order valence-electron chi connectivity index (χ1n) is 7.85. The monoisotopic (exact) mass is 254 g/mol. The topological polar surface area (TPSA) is 37.3 Å². The molecule has 2 saturated carbocycles. The molecule has 0 aromatic carbocycles. The quantitative estimate of drug-likeness (QED) is 0.810. The minimum absolute atomic E-state index is 0.0372. The molecule has 106 valence electrons. The summed E-state index contributed by atoms with van der Waals surface area (Å²) < 4.78 is 0. The van der Waals surface area contributed by atoms with Gasteiger partial charge in [0.2, 0.25) is 0 Å². The van der Waals surface area contributed by atoms with Gasteiger partial charge < -0.3 is 5.11 Å². The lowest BCUT2D eigenvalue weighted by Gasteiger charge is -2.36. The zero-order chi connectivity index (χ0) is 13.5. The van der Waals surface area contributed by atoms with E-state index in [4.69, 9.17) is 0 Å². The van der Waals surface area contributed by atoms with Crippen molar-refractivity contribution < 1.29 is 9.90 Å². The zero-order valence-corrected chi connectivity index (χ0v) is 12.3. The Hall–Kier alpha value is -0.370. The molecule has 0 aromatic rings. The molecule has 2 rings (SSSR count). The summed E-state index contributed by atoms with van der Waals surface area (Å²) in [6.45, 7) is 5.74. The van der Waals surface area contributed by atoms with E-state index in [-0.39, 0.29) is 6.10 Å². The molecule has 0 radical (unpaired) electrons. The molecule has 18 heavy (non-hydrogen) atoms. The second-order valence-corrected chi connectivity index (χ2v) is 5.79. The first-order chi connectivity index (χ1) is 8.66. The maximum atomic E-state index is 11.3. The number of aliphatic hydroxyl groups excluding tert-OH is 1. The predicted octanol–water partition coefficient (Wildman–Crippen LogP) is 3.96. The number of carbonyl (C=O) groups is 1. The molecular formula is C16H30O2. The van der Waals surface area contributed by atoms with Crippen LogP contribution < -0.4 is 0 Å². The van der Waals surface area contributed by atoms with E-state index in [9.17, 15) is 9.90 Å². The number of hydrogen-bond donors (Lipinski definition) is 1. The minimum Gasteiger partial charge on any atom is -0.393 e. The van der Waals surface area contributed by atoms with Gasteiger partial charge in [0, 0.05) is 5.92 Å². The summed E-state index contributed by atoms with van der Waals surface area (Å²) in [5.74, 6) is 2.40. The highest BCUT2D eigenvalue weighted by molar-refractivity contribution is 5.78. The SMILES string of the molecule is CC.CC(=O)C1CCC(C2CCC(O)CC2)CC1. The Bertz CT molecular complexity index is 233. The van der Waals surface area contributed by atoms with Crippen molar-refractivity contribution in [1.82, 2.24) is 0 Å². The Morgan fingerprint density at radius 3 is 1.61 bits per heavy atom. The summed E-state index contributed by atoms with van der Waals surface area (Å²) in [4.78, 5) is 11.3. The average molecular weight is 254 g/mol. The molecule has 0 saturated heterocycles. The summed E-state index contributed by atoms with van der Waals surface area (Å²) in [6, 6.07) is 0. The van der Waals surface area contributed by atoms with Gasteiger partial charge in [0.15, 0.2) is 0 Å². The first kappa shape index (κ1) is 15.7. The largest absolute Gasteiger partial charge is 0.393 e. The van der Waals surface area contributed by atoms with Gasteiger partial charge in [-0.15, -0.1) is 0 Å². The van der Waals surface area contributed by atoms with Gasteiger partial charge in [-0.05, 0) is 70.1 Å². The second kappa shape index (κ2) is 7.93. The fourth-order valence-electron chi connectivity index (χ4n) is 3.57. The Morgan fingerprint density at radius 2 is 1.22 bits per heavy atom. The number of hydrogen-bond acceptors (Lipinski definition) is 2. The van der Waals surface area contributed by atoms with Crippen LogP contribution in [-0.2, 0) is 4.79 Å². The van der Waals surface area contributed by atoms with Crippen molar-refractivity contribution in [2.75, 3.05) is 0 Å². The molecule has 2 aliphatic carbocycles. The van der Waals surface area contributed by atoms with Crippen LogP contribution in [0.1, 0.15) is 72.1 Å². The van der Waals surface area contributed by atoms with E-state index < -0.39 is 0 Å². The fraction of sp³-hybridized carbons (Fsp3) is 0.938. The molecule has 2 nitrogen and oxygen atoms in total. The van der Waals surface area contributed by atoms with E-state index in [0.717, 1.165) is 37.5 Å². The molecule has 2 fully saturated rings. The van der Waals surface area contributed by atoms with Crippen LogP contribution in [0, 0.1) is 17.8 Å². The number of aliphatic hydroxyl groups is 1. The lowest BCUT2D eigenvalue weighted by molar-refractivity contribution is -0.122. The van der Waals surface area contributed by atoms with Crippen LogP contribution in [0.15, 0.2) is 0 Å². The summed E-state index contributed by atoms with van der Waals surface area (Å²) in [7, 11) is 0. The molecule has 1 N–H and O–H groups in total. The van der Waals surface area contributed by atoms with E-state index in [0.29, 0.717) is 11.7 Å². The molecule has 0 aliphatic heterocycles. The van der Waals surface area contributed by atoms with Crippen molar-refractivity contribution in [3.8, 4) is 0 Å². The molecule has 2 heteroatoms. The summed E-state index contributed by atoms with van der Waals surface area (Å²) in [6.07, 6.45) is 9.07. The van der Waals surface area contributed by atoms with Crippen LogP contribution in [0.4, 0.5) is 0 Å². The van der Waals surface area contributed by atoms with Gasteiger partial charge in [0.05, 0.1) is 6.10 Å². The van der Waals surface area contributed by atoms with Crippen LogP contribution in [0.5, 0.6) is 0 Å². The summed E-state index contributed by atoms with van der Waals surface area (Å²) >= 11 is 0. The van der Waals surface area contributed by atoms with Crippen LogP contribution in [0.3, 0.4) is 0 Å². The molecule has 0 aromatic heterocycles. The van der Waals surface area contributed by atoms with Crippen LogP contribution in [0.2, 0.25) is 0 Å². The van der Waals surface area contributed by atoms with Gasteiger partial charge >= 0.3 is 0 Å². The second-order valence-electron chi connectivity index (χ2n) is 5.79. The van der Waals surface area contributed by atoms with Crippen molar-refractivity contribution >= 4 is 5.78 Å². The lowest BCUT2D eigenvalue weighted by Crippen LogP contribution is -2.28. The highest BCUT2D eigenvalue weighted by Gasteiger charge is 2.31. The molecule has 0 amide bonds. The molecule has 2 aliphatic rings. The lowest BCUT2D eigenvalue weighted by atomic mass is 9.70. The van der Waals surface area contributed by atoms with Crippen molar-refractivity contribution in [3.63, 3.8) is 0 Å². The molecule has 0 unspecified atom stereocenters. The fourth-order valence-corrected chi connectivity index (χ4v) is 3.57. The van der Waals surface area contributed by atoms with Crippen LogP contribution in [-0.4, -0.2) is 17.0 Å². The number of carbonyl (C=O) groups excluding carboxylic acids is 1. The minimum atomic E-state index is -0.0372. The van der Waals surface area contributed by atoms with Crippen LogP contribution in [0.25, 0.3) is 0 Å². The number of rotatable bonds is 2. The summed E-state index contributed by atoms with van der Waals surface area (Å²) in [5.41, 5.74) is 0. The van der Waals surface area contributed by atoms with Crippen molar-refractivity contribution in [2.24, 2.45) is 17.8 Å². The van der Waals surface area contributed by atoms with Gasteiger partial charge in [-0.3, -0.25) is 4.79 Å². The smallest absolute Gasteiger partial charge is 0.132 e. The Kier molecular flexibility index (Phi) is 6.91. The predicted molar refractivity (Wildman–Crippen MR) is 75.4 cm³/mol. The van der Waals surface area contributed by atoms with E-state index in [2.05, 4.69) is 0 Å². The van der Waals surface area contributed by atoms with E-state index >= 15 is 0 Å². The van der Waals surface area contributed by atoms with Crippen molar-refractivity contribution in [3.05, 3.63) is 0 Å². The number of Topliss-reactive ketones (excluding diaryl/α,β-unsaturated/α-hetero) is 1. The van der Waals surface area contributed by atoms with Gasteiger partial charge in [-0.1, -0.05) is 13.8 Å². The highest BCUT2D eigenvalue weighted by Crippen LogP contribution is 2.40. The molecule has 0 atom stereocenters. The molecular weight excluding hydrogens is 224 g/mol.